The summed E-state index contributed by atoms with van der Waals surface area (Å²) in [5, 5.41) is 10.9. The van der Waals surface area contributed by atoms with Crippen molar-refractivity contribution in [2.75, 3.05) is 0 Å². The Morgan fingerprint density at radius 2 is 1.50 bits per heavy atom. The van der Waals surface area contributed by atoms with E-state index in [1.165, 1.54) is 24.3 Å². The van der Waals surface area contributed by atoms with Crippen LogP contribution in [0.5, 0.6) is 5.75 Å². The first-order valence-electron chi connectivity index (χ1n) is 11.0. The maximum Gasteiger partial charge on any atom is 0.343 e. The van der Waals surface area contributed by atoms with E-state index in [1.54, 1.807) is 66.9 Å². The summed E-state index contributed by atoms with van der Waals surface area (Å²) in [6, 6.07) is 28.6. The minimum absolute atomic E-state index is 0.0901. The van der Waals surface area contributed by atoms with Gasteiger partial charge in [-0.3, -0.25) is 19.9 Å². The zero-order valence-corrected chi connectivity index (χ0v) is 19.0. The Labute approximate surface area is 207 Å². The molecular weight excluding hydrogens is 456 g/mol. The number of carbonyl (C=O) groups excluding carboxylic acids is 2. The maximum absolute atomic E-state index is 12.4. The number of allylic oxidation sites excluding steroid dienone is 1. The van der Waals surface area contributed by atoms with Crippen LogP contribution in [0.4, 0.5) is 11.4 Å². The third-order valence-electron chi connectivity index (χ3n) is 5.12. The van der Waals surface area contributed by atoms with E-state index in [9.17, 15) is 19.7 Å². The van der Waals surface area contributed by atoms with Gasteiger partial charge in [0.2, 0.25) is 0 Å². The molecule has 36 heavy (non-hydrogen) atoms. The van der Waals surface area contributed by atoms with Crippen molar-refractivity contribution in [2.24, 2.45) is 4.99 Å². The van der Waals surface area contributed by atoms with Crippen molar-refractivity contribution in [3.63, 3.8) is 0 Å². The summed E-state index contributed by atoms with van der Waals surface area (Å²) in [5.74, 6) is -0.479. The van der Waals surface area contributed by atoms with Crippen molar-refractivity contribution < 1.29 is 19.2 Å². The lowest BCUT2D eigenvalue weighted by atomic mass is 10.1. The molecule has 0 bridgehead atoms. The summed E-state index contributed by atoms with van der Waals surface area (Å²) >= 11 is 0. The molecule has 176 valence electrons. The average molecular weight is 476 g/mol. The normalized spacial score (nSPS) is 11.0. The van der Waals surface area contributed by atoms with E-state index < -0.39 is 10.9 Å². The molecule has 0 aromatic heterocycles. The Hall–Kier alpha value is -5.17. The van der Waals surface area contributed by atoms with Gasteiger partial charge in [-0.25, -0.2) is 4.79 Å². The number of hydrogen-bond acceptors (Lipinski definition) is 6. The molecule has 0 fully saturated rings. The van der Waals surface area contributed by atoms with Gasteiger partial charge < -0.3 is 4.74 Å². The van der Waals surface area contributed by atoms with Crippen molar-refractivity contribution in [3.05, 3.63) is 142 Å². The molecule has 0 aliphatic heterocycles. The third kappa shape index (κ3) is 6.45. The molecular formula is C29H20N2O5. The lowest BCUT2D eigenvalue weighted by molar-refractivity contribution is -0.384. The SMILES string of the molecule is O=C(/C=C/c1ccccc1)c1ccc(N=Cc2ccc(OC(=O)c3cccc([N+](=O)[O-])c3)cc2)cc1. The van der Waals surface area contributed by atoms with Crippen LogP contribution in [0, 0.1) is 10.1 Å². The predicted octanol–water partition coefficient (Wildman–Crippen LogP) is 6.46. The van der Waals surface area contributed by atoms with E-state index in [4.69, 9.17) is 4.74 Å². The Morgan fingerprint density at radius 1 is 0.778 bits per heavy atom. The van der Waals surface area contributed by atoms with Gasteiger partial charge in [0, 0.05) is 23.9 Å². The second kappa shape index (κ2) is 11.3. The monoisotopic (exact) mass is 476 g/mol. The first kappa shape index (κ1) is 24.0. The lowest BCUT2D eigenvalue weighted by Crippen LogP contribution is -2.08. The fourth-order valence-electron chi connectivity index (χ4n) is 3.23. The molecule has 7 heteroatoms. The highest BCUT2D eigenvalue weighted by molar-refractivity contribution is 6.07. The van der Waals surface area contributed by atoms with Crippen molar-refractivity contribution in [3.8, 4) is 5.75 Å². The molecule has 0 aliphatic rings. The number of nitrogens with zero attached hydrogens (tertiary/aromatic N) is 2. The maximum atomic E-state index is 12.4. The van der Waals surface area contributed by atoms with Crippen molar-refractivity contribution in [1.29, 1.82) is 0 Å². The summed E-state index contributed by atoms with van der Waals surface area (Å²) in [6.07, 6.45) is 4.97. The zero-order valence-electron chi connectivity index (χ0n) is 19.0. The van der Waals surface area contributed by atoms with Crippen LogP contribution in [0.3, 0.4) is 0 Å². The lowest BCUT2D eigenvalue weighted by Gasteiger charge is -2.04. The molecule has 0 saturated heterocycles. The minimum Gasteiger partial charge on any atom is -0.423 e. The number of esters is 1. The van der Waals surface area contributed by atoms with Crippen LogP contribution in [-0.4, -0.2) is 22.9 Å². The highest BCUT2D eigenvalue weighted by atomic mass is 16.6. The Balaban J connectivity index is 1.35. The molecule has 0 amide bonds. The molecule has 0 N–H and O–H groups in total. The van der Waals surface area contributed by atoms with E-state index in [0.717, 1.165) is 11.1 Å². The number of carbonyl (C=O) groups is 2. The van der Waals surface area contributed by atoms with E-state index in [-0.39, 0.29) is 17.0 Å². The smallest absolute Gasteiger partial charge is 0.343 e. The van der Waals surface area contributed by atoms with Gasteiger partial charge in [-0.15, -0.1) is 0 Å². The van der Waals surface area contributed by atoms with Crippen LogP contribution >= 0.6 is 0 Å². The number of hydrogen-bond donors (Lipinski definition) is 0. The van der Waals surface area contributed by atoms with E-state index in [2.05, 4.69) is 4.99 Å². The van der Waals surface area contributed by atoms with Gasteiger partial charge in [0.25, 0.3) is 5.69 Å². The van der Waals surface area contributed by atoms with Crippen LogP contribution < -0.4 is 4.74 Å². The highest BCUT2D eigenvalue weighted by Crippen LogP contribution is 2.18. The van der Waals surface area contributed by atoms with Crippen molar-refractivity contribution in [2.45, 2.75) is 0 Å². The van der Waals surface area contributed by atoms with Gasteiger partial charge in [0.05, 0.1) is 16.2 Å². The van der Waals surface area contributed by atoms with Gasteiger partial charge in [-0.05, 0) is 71.8 Å². The number of nitro groups is 1. The summed E-state index contributed by atoms with van der Waals surface area (Å²) in [6.45, 7) is 0. The predicted molar refractivity (Wildman–Crippen MR) is 138 cm³/mol. The van der Waals surface area contributed by atoms with Gasteiger partial charge in [-0.1, -0.05) is 42.5 Å². The summed E-state index contributed by atoms with van der Waals surface area (Å²) in [5.41, 5.74) is 2.88. The Morgan fingerprint density at radius 3 is 2.19 bits per heavy atom. The minimum atomic E-state index is -0.687. The quantitative estimate of drug-likeness (QED) is 0.0553. The van der Waals surface area contributed by atoms with Crippen LogP contribution in [0.2, 0.25) is 0 Å². The van der Waals surface area contributed by atoms with Crippen LogP contribution in [0.15, 0.2) is 114 Å². The summed E-state index contributed by atoms with van der Waals surface area (Å²) < 4.78 is 5.29. The van der Waals surface area contributed by atoms with E-state index in [1.807, 2.05) is 30.3 Å². The molecule has 4 rings (SSSR count). The third-order valence-corrected chi connectivity index (χ3v) is 5.12. The summed E-state index contributed by atoms with van der Waals surface area (Å²) in [4.78, 5) is 39.4. The molecule has 0 heterocycles. The molecule has 0 spiro atoms. The fourth-order valence-corrected chi connectivity index (χ4v) is 3.23. The zero-order chi connectivity index (χ0) is 25.3. The second-order valence-corrected chi connectivity index (χ2v) is 7.68. The molecule has 0 radical (unpaired) electrons. The number of benzene rings is 4. The average Bonchev–Trinajstić information content (AvgIpc) is 2.92. The Kier molecular flexibility index (Phi) is 7.53. The molecule has 0 atom stereocenters. The number of nitro benzene ring substituents is 1. The first-order chi connectivity index (χ1) is 17.5. The Bertz CT molecular complexity index is 1440. The topological polar surface area (TPSA) is 98.9 Å². The summed E-state index contributed by atoms with van der Waals surface area (Å²) in [7, 11) is 0. The number of non-ortho nitro benzene ring substituents is 1. The van der Waals surface area contributed by atoms with E-state index in [0.29, 0.717) is 17.0 Å². The van der Waals surface area contributed by atoms with Gasteiger partial charge in [0.1, 0.15) is 5.75 Å². The first-order valence-corrected chi connectivity index (χ1v) is 11.0. The second-order valence-electron chi connectivity index (χ2n) is 7.68. The van der Waals surface area contributed by atoms with Crippen molar-refractivity contribution >= 4 is 35.4 Å². The number of rotatable bonds is 8. The number of aliphatic imine (C=N–C) groups is 1. The van der Waals surface area contributed by atoms with Gasteiger partial charge >= 0.3 is 5.97 Å². The standard InChI is InChI=1S/C29H20N2O5/c32-28(18-11-21-5-2-1-3-6-21)23-12-14-25(15-13-23)30-20-22-9-16-27(17-10-22)36-29(33)24-7-4-8-26(19-24)31(34)35/h1-20H/b18-11+,30-20?. The van der Waals surface area contributed by atoms with Crippen LogP contribution in [0.1, 0.15) is 31.8 Å². The number of ether oxygens (including phenoxy) is 1. The van der Waals surface area contributed by atoms with Crippen molar-refractivity contribution in [1.82, 2.24) is 0 Å². The largest absolute Gasteiger partial charge is 0.423 e. The fraction of sp³-hybridized carbons (Fsp3) is 0. The molecule has 7 nitrogen and oxygen atoms in total. The van der Waals surface area contributed by atoms with Crippen LogP contribution in [0.25, 0.3) is 6.08 Å². The van der Waals surface area contributed by atoms with E-state index >= 15 is 0 Å². The molecule has 0 aliphatic carbocycles. The molecule has 0 unspecified atom stereocenters. The van der Waals surface area contributed by atoms with Gasteiger partial charge in [-0.2, -0.15) is 0 Å². The highest BCUT2D eigenvalue weighted by Gasteiger charge is 2.13. The van der Waals surface area contributed by atoms with Crippen LogP contribution in [-0.2, 0) is 0 Å². The molecule has 4 aromatic rings. The molecule has 0 saturated carbocycles. The van der Waals surface area contributed by atoms with Gasteiger partial charge in [0.15, 0.2) is 5.78 Å². The molecule has 4 aromatic carbocycles. The number of ketones is 1.